The molecule has 1 heterocycles. The number of amides is 2. The van der Waals surface area contributed by atoms with Crippen LogP contribution in [0.3, 0.4) is 0 Å². The van der Waals surface area contributed by atoms with E-state index in [2.05, 4.69) is 12.2 Å². The zero-order chi connectivity index (χ0) is 14.5. The topological polar surface area (TPSA) is 55.4 Å². The molecule has 20 heavy (non-hydrogen) atoms. The van der Waals surface area contributed by atoms with Gasteiger partial charge in [0.15, 0.2) is 0 Å². The summed E-state index contributed by atoms with van der Waals surface area (Å²) in [6, 6.07) is 7.91. The first-order chi connectivity index (χ1) is 9.67. The van der Waals surface area contributed by atoms with Crippen molar-refractivity contribution in [3.8, 4) is 0 Å². The zero-order valence-corrected chi connectivity index (χ0v) is 12.0. The lowest BCUT2D eigenvalue weighted by Crippen LogP contribution is -2.45. The van der Waals surface area contributed by atoms with Crippen LogP contribution in [0.2, 0.25) is 0 Å². The standard InChI is InChI=1S/C16H21NO3/c1-3-6-13-14(9-15(18)17-16(13)19)12-8-5-4-7-11(12)10-20-2/h4-5,7-8,13-14H,3,6,9-10H2,1-2H3,(H,17,18,19). The molecule has 1 fully saturated rings. The summed E-state index contributed by atoms with van der Waals surface area (Å²) in [5.41, 5.74) is 2.12. The molecule has 1 N–H and O–H groups in total. The van der Waals surface area contributed by atoms with Gasteiger partial charge in [0.2, 0.25) is 11.8 Å². The lowest BCUT2D eigenvalue weighted by Gasteiger charge is -2.31. The Kier molecular flexibility index (Phi) is 4.90. The number of carbonyl (C=O) groups is 2. The molecule has 2 amide bonds. The number of rotatable bonds is 5. The van der Waals surface area contributed by atoms with Crippen LogP contribution in [0, 0.1) is 5.92 Å². The highest BCUT2D eigenvalue weighted by atomic mass is 16.5. The fourth-order valence-electron chi connectivity index (χ4n) is 2.96. The predicted octanol–water partition coefficient (Wildman–Crippen LogP) is 2.38. The highest BCUT2D eigenvalue weighted by molar-refractivity contribution is 5.99. The summed E-state index contributed by atoms with van der Waals surface area (Å²) in [5, 5.41) is 2.46. The van der Waals surface area contributed by atoms with Gasteiger partial charge in [-0.15, -0.1) is 0 Å². The molecule has 0 aliphatic carbocycles. The van der Waals surface area contributed by atoms with E-state index in [9.17, 15) is 9.59 Å². The van der Waals surface area contributed by atoms with E-state index in [4.69, 9.17) is 4.74 Å². The minimum Gasteiger partial charge on any atom is -0.380 e. The summed E-state index contributed by atoms with van der Waals surface area (Å²) in [4.78, 5) is 23.8. The van der Waals surface area contributed by atoms with Crippen LogP contribution in [0.15, 0.2) is 24.3 Å². The number of methoxy groups -OCH3 is 1. The van der Waals surface area contributed by atoms with Gasteiger partial charge in [-0.2, -0.15) is 0 Å². The lowest BCUT2D eigenvalue weighted by atomic mass is 9.76. The molecule has 4 heteroatoms. The van der Waals surface area contributed by atoms with Gasteiger partial charge in [0.05, 0.1) is 6.61 Å². The van der Waals surface area contributed by atoms with Crippen molar-refractivity contribution < 1.29 is 14.3 Å². The molecule has 1 aliphatic heterocycles. The Balaban J connectivity index is 2.36. The maximum atomic E-state index is 12.1. The van der Waals surface area contributed by atoms with Crippen LogP contribution in [0.1, 0.15) is 43.2 Å². The zero-order valence-electron chi connectivity index (χ0n) is 12.0. The van der Waals surface area contributed by atoms with Crippen molar-refractivity contribution in [2.75, 3.05) is 7.11 Å². The van der Waals surface area contributed by atoms with Crippen molar-refractivity contribution in [2.24, 2.45) is 5.92 Å². The van der Waals surface area contributed by atoms with Crippen molar-refractivity contribution in [1.82, 2.24) is 5.32 Å². The van der Waals surface area contributed by atoms with E-state index in [1.807, 2.05) is 24.3 Å². The Morgan fingerprint density at radius 2 is 2.05 bits per heavy atom. The van der Waals surface area contributed by atoms with Crippen LogP contribution in [0.5, 0.6) is 0 Å². The molecule has 4 nitrogen and oxygen atoms in total. The van der Waals surface area contributed by atoms with E-state index in [-0.39, 0.29) is 23.7 Å². The molecule has 0 bridgehead atoms. The predicted molar refractivity (Wildman–Crippen MR) is 76.1 cm³/mol. The molecule has 1 saturated heterocycles. The number of carbonyl (C=O) groups excluding carboxylic acids is 2. The first-order valence-electron chi connectivity index (χ1n) is 7.07. The van der Waals surface area contributed by atoms with Crippen molar-refractivity contribution in [3.63, 3.8) is 0 Å². The molecule has 1 aromatic carbocycles. The van der Waals surface area contributed by atoms with Crippen LogP contribution in [0.4, 0.5) is 0 Å². The Labute approximate surface area is 119 Å². The van der Waals surface area contributed by atoms with Gasteiger partial charge in [0.25, 0.3) is 0 Å². The fourth-order valence-corrected chi connectivity index (χ4v) is 2.96. The van der Waals surface area contributed by atoms with Crippen molar-refractivity contribution in [2.45, 2.75) is 38.7 Å². The van der Waals surface area contributed by atoms with E-state index >= 15 is 0 Å². The van der Waals surface area contributed by atoms with Crippen LogP contribution in [0.25, 0.3) is 0 Å². The number of hydrogen-bond acceptors (Lipinski definition) is 3. The number of hydrogen-bond donors (Lipinski definition) is 1. The molecule has 0 radical (unpaired) electrons. The van der Waals surface area contributed by atoms with Crippen molar-refractivity contribution in [1.29, 1.82) is 0 Å². The van der Waals surface area contributed by atoms with E-state index in [0.717, 1.165) is 24.0 Å². The van der Waals surface area contributed by atoms with E-state index in [0.29, 0.717) is 13.0 Å². The molecule has 1 aromatic rings. The maximum Gasteiger partial charge on any atom is 0.230 e. The largest absolute Gasteiger partial charge is 0.380 e. The highest BCUT2D eigenvalue weighted by Crippen LogP contribution is 2.36. The highest BCUT2D eigenvalue weighted by Gasteiger charge is 2.36. The molecular weight excluding hydrogens is 254 g/mol. The quantitative estimate of drug-likeness (QED) is 0.839. The van der Waals surface area contributed by atoms with Gasteiger partial charge in [-0.05, 0) is 17.5 Å². The van der Waals surface area contributed by atoms with E-state index < -0.39 is 0 Å². The third-order valence-corrected chi connectivity index (χ3v) is 3.84. The second-order valence-corrected chi connectivity index (χ2v) is 5.25. The van der Waals surface area contributed by atoms with Crippen molar-refractivity contribution in [3.05, 3.63) is 35.4 Å². The van der Waals surface area contributed by atoms with Gasteiger partial charge in [0.1, 0.15) is 0 Å². The smallest absolute Gasteiger partial charge is 0.230 e. The maximum absolute atomic E-state index is 12.1. The SMILES string of the molecule is CCCC1C(=O)NC(=O)CC1c1ccccc1COC. The van der Waals surface area contributed by atoms with Gasteiger partial charge < -0.3 is 4.74 Å². The van der Waals surface area contributed by atoms with E-state index in [1.54, 1.807) is 7.11 Å². The Morgan fingerprint density at radius 1 is 1.30 bits per heavy atom. The number of nitrogens with one attached hydrogen (secondary N) is 1. The van der Waals surface area contributed by atoms with Crippen LogP contribution in [-0.4, -0.2) is 18.9 Å². The Morgan fingerprint density at radius 3 is 2.75 bits per heavy atom. The third-order valence-electron chi connectivity index (χ3n) is 3.84. The average molecular weight is 275 g/mol. The van der Waals surface area contributed by atoms with E-state index in [1.165, 1.54) is 0 Å². The molecule has 108 valence electrons. The average Bonchev–Trinajstić information content (AvgIpc) is 2.43. The summed E-state index contributed by atoms with van der Waals surface area (Å²) in [5.74, 6) is -0.488. The minimum atomic E-state index is -0.181. The molecule has 0 aromatic heterocycles. The molecule has 2 rings (SSSR count). The van der Waals surface area contributed by atoms with Gasteiger partial charge >= 0.3 is 0 Å². The molecule has 1 aliphatic rings. The van der Waals surface area contributed by atoms with Crippen LogP contribution in [-0.2, 0) is 20.9 Å². The fraction of sp³-hybridized carbons (Fsp3) is 0.500. The second kappa shape index (κ2) is 6.66. The molecular formula is C16H21NO3. The van der Waals surface area contributed by atoms with Gasteiger partial charge in [-0.3, -0.25) is 14.9 Å². The van der Waals surface area contributed by atoms with Gasteiger partial charge in [-0.1, -0.05) is 37.6 Å². The summed E-state index contributed by atoms with van der Waals surface area (Å²) < 4.78 is 5.22. The molecule has 2 atom stereocenters. The summed E-state index contributed by atoms with van der Waals surface area (Å²) >= 11 is 0. The number of ether oxygens (including phenoxy) is 1. The molecule has 0 spiro atoms. The van der Waals surface area contributed by atoms with Crippen molar-refractivity contribution >= 4 is 11.8 Å². The van der Waals surface area contributed by atoms with Gasteiger partial charge in [-0.25, -0.2) is 0 Å². The number of imide groups is 1. The van der Waals surface area contributed by atoms with Crippen LogP contribution >= 0.6 is 0 Å². The minimum absolute atomic E-state index is 0.0393. The third kappa shape index (κ3) is 3.07. The first kappa shape index (κ1) is 14.7. The summed E-state index contributed by atoms with van der Waals surface area (Å²) in [6.45, 7) is 2.56. The summed E-state index contributed by atoms with van der Waals surface area (Å²) in [7, 11) is 1.65. The van der Waals surface area contributed by atoms with Gasteiger partial charge in [0, 0.05) is 25.4 Å². The number of piperidine rings is 1. The normalized spacial score (nSPS) is 22.7. The number of benzene rings is 1. The summed E-state index contributed by atoms with van der Waals surface area (Å²) in [6.07, 6.45) is 2.09. The lowest BCUT2D eigenvalue weighted by molar-refractivity contribution is -0.137. The molecule has 2 unspecified atom stereocenters. The molecule has 0 saturated carbocycles. The Hall–Kier alpha value is -1.68. The first-order valence-corrected chi connectivity index (χ1v) is 7.07. The second-order valence-electron chi connectivity index (χ2n) is 5.25. The van der Waals surface area contributed by atoms with Crippen LogP contribution < -0.4 is 5.32 Å². The Bertz CT molecular complexity index is 498. The monoisotopic (exact) mass is 275 g/mol.